The minimum atomic E-state index is -2.08. The van der Waals surface area contributed by atoms with Crippen molar-refractivity contribution < 1.29 is 28.0 Å². The Kier molecular flexibility index (Phi) is 18.2. The number of allylic oxidation sites excluding steroid dienone is 2. The van der Waals surface area contributed by atoms with E-state index in [1.54, 1.807) is 0 Å². The molecule has 0 unspecified atom stereocenters. The molecule has 310 valence electrons. The number of nitrogens with one attached hydrogen (secondary N) is 1. The van der Waals surface area contributed by atoms with E-state index in [1.165, 1.54) is 5.56 Å². The lowest BCUT2D eigenvalue weighted by molar-refractivity contribution is -0.136. The number of aryl methyl sites for hydroxylation is 1. The van der Waals surface area contributed by atoms with Crippen LogP contribution in [0.4, 0.5) is 0 Å². The van der Waals surface area contributed by atoms with Crippen molar-refractivity contribution in [3.63, 3.8) is 0 Å². The highest BCUT2D eigenvalue weighted by atomic mass is 28.4. The van der Waals surface area contributed by atoms with Crippen LogP contribution < -0.4 is 5.32 Å². The van der Waals surface area contributed by atoms with E-state index in [1.807, 2.05) is 0 Å². The summed E-state index contributed by atoms with van der Waals surface area (Å²) in [5, 5.41) is 11.9. The molecule has 0 aliphatic heterocycles. The number of hydrogen-bond acceptors (Lipinski definition) is 5. The Morgan fingerprint density at radius 3 is 1.83 bits per heavy atom. The number of carbonyl (C=O) groups excluding carboxylic acids is 1. The maximum absolute atomic E-state index is 12.2. The molecule has 5 atom stereocenters. The van der Waals surface area contributed by atoms with E-state index in [9.17, 15) is 9.59 Å². The maximum atomic E-state index is 12.2. The fourth-order valence-corrected chi connectivity index (χ4v) is 10.8. The highest BCUT2D eigenvalue weighted by Gasteiger charge is 2.51. The predicted octanol–water partition coefficient (Wildman–Crippen LogP) is 11.9. The minimum Gasteiger partial charge on any atom is -0.481 e. The number of carboxylic acids is 1. The van der Waals surface area contributed by atoms with Gasteiger partial charge in [-0.05, 0) is 123 Å². The molecule has 1 aliphatic rings. The van der Waals surface area contributed by atoms with Gasteiger partial charge in [0.05, 0.1) is 18.6 Å². The molecule has 0 saturated heterocycles. The van der Waals surface area contributed by atoms with Gasteiger partial charge in [-0.15, -0.1) is 0 Å². The van der Waals surface area contributed by atoms with Crippen molar-refractivity contribution in [3.05, 3.63) is 48.0 Å². The lowest BCUT2D eigenvalue weighted by Gasteiger charge is -2.41. The van der Waals surface area contributed by atoms with Crippen molar-refractivity contribution in [1.29, 1.82) is 0 Å². The summed E-state index contributed by atoms with van der Waals surface area (Å²) in [5.74, 6) is -0.314. The summed E-state index contributed by atoms with van der Waals surface area (Å²) < 4.78 is 22.0. The molecule has 0 bridgehead atoms. The number of amides is 1. The molecule has 2 N–H and O–H groups in total. The van der Waals surface area contributed by atoms with E-state index in [0.717, 1.165) is 51.4 Å². The second kappa shape index (κ2) is 20.2. The van der Waals surface area contributed by atoms with Gasteiger partial charge in [0.1, 0.15) is 0 Å². The van der Waals surface area contributed by atoms with Gasteiger partial charge in [0.2, 0.25) is 5.91 Å². The van der Waals surface area contributed by atoms with Crippen molar-refractivity contribution in [1.82, 2.24) is 5.32 Å². The zero-order valence-electron chi connectivity index (χ0n) is 37.2. The summed E-state index contributed by atoms with van der Waals surface area (Å²) in [4.78, 5) is 23.0. The number of unbranched alkanes of at least 4 members (excludes halogenated alkanes) is 1. The molecule has 1 amide bonds. The van der Waals surface area contributed by atoms with Crippen molar-refractivity contribution in [2.45, 2.75) is 199 Å². The highest BCUT2D eigenvalue weighted by Crippen LogP contribution is 2.49. The molecule has 2 rings (SSSR count). The average Bonchev–Trinajstić information content (AvgIpc) is 3.32. The fourth-order valence-electron chi connectivity index (χ4n) is 6.59. The van der Waals surface area contributed by atoms with Gasteiger partial charge in [-0.3, -0.25) is 9.59 Å². The van der Waals surface area contributed by atoms with Gasteiger partial charge in [-0.25, -0.2) is 0 Å². The van der Waals surface area contributed by atoms with Gasteiger partial charge in [-0.1, -0.05) is 105 Å². The van der Waals surface area contributed by atoms with Crippen LogP contribution in [0.3, 0.4) is 0 Å². The van der Waals surface area contributed by atoms with Crippen LogP contribution >= 0.6 is 0 Å². The molecule has 0 spiro atoms. The Labute approximate surface area is 334 Å². The van der Waals surface area contributed by atoms with Crippen molar-refractivity contribution in [3.8, 4) is 0 Å². The lowest BCUT2D eigenvalue weighted by Crippen LogP contribution is -2.45. The van der Waals surface area contributed by atoms with Gasteiger partial charge in [0, 0.05) is 19.1 Å². The van der Waals surface area contributed by atoms with E-state index < -0.39 is 30.9 Å². The van der Waals surface area contributed by atoms with E-state index in [4.69, 9.17) is 18.4 Å². The van der Waals surface area contributed by atoms with E-state index in [0.29, 0.717) is 18.3 Å². The third-order valence-corrected chi connectivity index (χ3v) is 26.7. The Morgan fingerprint density at radius 2 is 1.31 bits per heavy atom. The largest absolute Gasteiger partial charge is 0.481 e. The predicted molar refractivity (Wildman–Crippen MR) is 235 cm³/mol. The van der Waals surface area contributed by atoms with Crippen molar-refractivity contribution >= 4 is 36.8 Å². The van der Waals surface area contributed by atoms with Gasteiger partial charge in [0.15, 0.2) is 25.0 Å². The van der Waals surface area contributed by atoms with Gasteiger partial charge < -0.3 is 23.7 Å². The molecule has 10 heteroatoms. The van der Waals surface area contributed by atoms with Gasteiger partial charge in [-0.2, -0.15) is 0 Å². The summed E-state index contributed by atoms with van der Waals surface area (Å²) in [7, 11) is -6.16. The molecule has 0 radical (unpaired) electrons. The molecule has 1 aromatic rings. The number of carbonyl (C=O) groups is 2. The van der Waals surface area contributed by atoms with Gasteiger partial charge >= 0.3 is 5.97 Å². The van der Waals surface area contributed by atoms with Crippen LogP contribution in [0.25, 0.3) is 0 Å². The Bertz CT molecular complexity index is 1330. The van der Waals surface area contributed by atoms with Crippen molar-refractivity contribution in [2.24, 2.45) is 11.8 Å². The second-order valence-electron chi connectivity index (χ2n) is 20.6. The highest BCUT2D eigenvalue weighted by molar-refractivity contribution is 6.75. The van der Waals surface area contributed by atoms with E-state index >= 15 is 0 Å². The van der Waals surface area contributed by atoms with Gasteiger partial charge in [0.25, 0.3) is 0 Å². The Balaban J connectivity index is 2.42. The fraction of sp³-hybridized carbons (Fsp3) is 0.773. The molecular weight excluding hydrogens is 723 g/mol. The molecule has 7 nitrogen and oxygen atoms in total. The number of hydrogen-bond donors (Lipinski definition) is 2. The summed E-state index contributed by atoms with van der Waals surface area (Å²) in [6.07, 6.45) is 12.8. The normalized spacial score (nSPS) is 21.1. The van der Waals surface area contributed by atoms with Crippen LogP contribution in [0.15, 0.2) is 42.5 Å². The standard InChI is InChI=1S/C44H81NO6Si3/c1-42(2,3)52(10,11)49-35(28-27-34-23-19-18-20-24-34)29-30-37-36(25-21-16-17-22-26-40(46)45-32-31-41(47)48)38(50-53(12,13)43(4,5)6)33-39(37)51-54(14,15)44(7,8)9/h16,18-21,23-24,35-39H,17,22,25-33H2,1-15H3,(H,45,46)(H,47,48)/b21-16-/t35-,36-,37-,38+,39-/m1/s1. The van der Waals surface area contributed by atoms with Crippen LogP contribution in [-0.4, -0.2) is 66.8 Å². The van der Waals surface area contributed by atoms with Crippen molar-refractivity contribution in [2.75, 3.05) is 6.54 Å². The first-order valence-corrected chi connectivity index (χ1v) is 29.6. The first kappa shape index (κ1) is 48.6. The topological polar surface area (TPSA) is 94.1 Å². The Morgan fingerprint density at radius 1 is 0.778 bits per heavy atom. The molecule has 0 heterocycles. The molecule has 1 saturated carbocycles. The number of carboxylic acid groups (broad SMARTS) is 1. The first-order valence-electron chi connectivity index (χ1n) is 20.9. The summed E-state index contributed by atoms with van der Waals surface area (Å²) in [6, 6.07) is 10.8. The molecule has 1 fully saturated rings. The number of rotatable bonds is 21. The molecule has 54 heavy (non-hydrogen) atoms. The third-order valence-electron chi connectivity index (χ3n) is 13.2. The molecule has 1 aliphatic carbocycles. The smallest absolute Gasteiger partial charge is 0.305 e. The SMILES string of the molecule is CC(C)(C)[Si](C)(C)O[C@H](CCc1ccccc1)CC[C@@H]1[C@@H](C/C=C\CCCC(=O)NCCC(=O)O)[C@@H](O[Si](C)(C)C(C)(C)C)C[C@H]1O[Si](C)(C)C(C)(C)C. The van der Waals surface area contributed by atoms with E-state index in [-0.39, 0.29) is 52.3 Å². The van der Waals surface area contributed by atoms with Crippen LogP contribution in [0.5, 0.6) is 0 Å². The lowest BCUT2D eigenvalue weighted by atomic mass is 9.85. The maximum Gasteiger partial charge on any atom is 0.305 e. The minimum absolute atomic E-state index is 0.0529. The zero-order valence-corrected chi connectivity index (χ0v) is 40.2. The third kappa shape index (κ3) is 15.4. The monoisotopic (exact) mass is 804 g/mol. The first-order chi connectivity index (χ1) is 24.7. The van der Waals surface area contributed by atoms with Crippen LogP contribution in [0.1, 0.15) is 126 Å². The quantitative estimate of drug-likeness (QED) is 0.0730. The van der Waals surface area contributed by atoms with Crippen LogP contribution in [0.2, 0.25) is 54.4 Å². The Hall–Kier alpha value is -1.57. The molecular formula is C44H81NO6Si3. The summed E-state index contributed by atoms with van der Waals surface area (Å²) in [6.45, 7) is 35.5. The summed E-state index contributed by atoms with van der Waals surface area (Å²) in [5.41, 5.74) is 1.37. The second-order valence-corrected chi connectivity index (χ2v) is 34.9. The molecule has 0 aromatic heterocycles. The zero-order chi connectivity index (χ0) is 41.2. The van der Waals surface area contributed by atoms with Crippen LogP contribution in [-0.2, 0) is 29.3 Å². The number of aliphatic carboxylic acids is 1. The number of benzene rings is 1. The molecule has 1 aromatic carbocycles. The van der Waals surface area contributed by atoms with Crippen LogP contribution in [0, 0.1) is 11.8 Å². The van der Waals surface area contributed by atoms with E-state index in [2.05, 4.69) is 149 Å². The average molecular weight is 804 g/mol. The summed E-state index contributed by atoms with van der Waals surface area (Å²) >= 11 is 0.